The van der Waals surface area contributed by atoms with Gasteiger partial charge in [-0.2, -0.15) is 22.0 Å². The molecule has 0 amide bonds. The minimum absolute atomic E-state index is 0.533. The summed E-state index contributed by atoms with van der Waals surface area (Å²) in [6, 6.07) is 13.9. The Labute approximate surface area is 116 Å². The Morgan fingerprint density at radius 1 is 0.714 bits per heavy atom. The maximum absolute atomic E-state index is 12.3. The van der Waals surface area contributed by atoms with Gasteiger partial charge in [-0.1, -0.05) is 18.2 Å². The average Bonchev–Trinajstić information content (AvgIpc) is 3.03. The van der Waals surface area contributed by atoms with E-state index in [1.54, 1.807) is 0 Å². The van der Waals surface area contributed by atoms with E-state index in [2.05, 4.69) is 4.74 Å². The molecule has 0 spiro atoms. The third kappa shape index (κ3) is 3.84. The SMILES string of the molecule is FC(F)(F)C(F)(F)Oc1ccccc1.c1cc2ccc1o2. The maximum atomic E-state index is 12.3. The zero-order valence-corrected chi connectivity index (χ0v) is 10.4. The average molecular weight is 304 g/mol. The number of benzene rings is 2. The number of para-hydroxylation sites is 1. The van der Waals surface area contributed by atoms with Gasteiger partial charge in [-0.15, -0.1) is 0 Å². The normalized spacial score (nSPS) is 12.0. The fourth-order valence-corrected chi connectivity index (χ4v) is 1.41. The Morgan fingerprint density at radius 3 is 1.52 bits per heavy atom. The van der Waals surface area contributed by atoms with Crippen LogP contribution in [0.25, 0.3) is 11.2 Å². The highest BCUT2D eigenvalue weighted by atomic mass is 19.4. The van der Waals surface area contributed by atoms with Crippen LogP contribution in [0.3, 0.4) is 0 Å². The third-order valence-corrected chi connectivity index (χ3v) is 2.38. The van der Waals surface area contributed by atoms with E-state index in [1.807, 2.05) is 24.3 Å². The number of rotatable bonds is 2. The zero-order chi connectivity index (χ0) is 15.5. The molecule has 0 aliphatic rings. The number of halogens is 5. The van der Waals surface area contributed by atoms with Crippen LogP contribution in [0.15, 0.2) is 59.0 Å². The second-order valence-corrected chi connectivity index (χ2v) is 4.00. The lowest BCUT2D eigenvalue weighted by Crippen LogP contribution is -2.41. The molecule has 0 unspecified atom stereocenters. The lowest BCUT2D eigenvalue weighted by molar-refractivity contribution is -0.360. The highest BCUT2D eigenvalue weighted by molar-refractivity contribution is 5.59. The summed E-state index contributed by atoms with van der Waals surface area (Å²) in [4.78, 5) is 0. The Balaban J connectivity index is 0.000000189. The first-order valence-electron chi connectivity index (χ1n) is 5.74. The third-order valence-electron chi connectivity index (χ3n) is 2.38. The van der Waals surface area contributed by atoms with E-state index >= 15 is 0 Å². The molecule has 0 aliphatic heterocycles. The van der Waals surface area contributed by atoms with Crippen LogP contribution in [0.4, 0.5) is 22.0 Å². The van der Waals surface area contributed by atoms with Gasteiger partial charge in [0, 0.05) is 0 Å². The Kier molecular flexibility index (Phi) is 4.02. The van der Waals surface area contributed by atoms with Crippen molar-refractivity contribution in [3.05, 3.63) is 54.6 Å². The van der Waals surface area contributed by atoms with Crippen molar-refractivity contribution in [2.45, 2.75) is 12.3 Å². The van der Waals surface area contributed by atoms with Crippen molar-refractivity contribution in [1.29, 1.82) is 0 Å². The van der Waals surface area contributed by atoms with E-state index in [1.165, 1.54) is 18.2 Å². The van der Waals surface area contributed by atoms with Gasteiger partial charge in [-0.25, -0.2) is 0 Å². The summed E-state index contributed by atoms with van der Waals surface area (Å²) in [6.07, 6.45) is -10.9. The van der Waals surface area contributed by atoms with Crippen LogP contribution in [-0.4, -0.2) is 12.3 Å². The summed E-state index contributed by atoms with van der Waals surface area (Å²) in [5, 5.41) is 0. The van der Waals surface area contributed by atoms with Gasteiger partial charge >= 0.3 is 12.3 Å². The lowest BCUT2D eigenvalue weighted by Gasteiger charge is -2.19. The van der Waals surface area contributed by atoms with Crippen LogP contribution in [0.5, 0.6) is 5.75 Å². The highest BCUT2D eigenvalue weighted by Gasteiger charge is 2.61. The monoisotopic (exact) mass is 304 g/mol. The van der Waals surface area contributed by atoms with Crippen molar-refractivity contribution >= 4 is 11.2 Å². The number of hydrogen-bond acceptors (Lipinski definition) is 2. The van der Waals surface area contributed by atoms with Crippen LogP contribution < -0.4 is 4.74 Å². The Morgan fingerprint density at radius 2 is 1.19 bits per heavy atom. The first-order chi connectivity index (χ1) is 9.78. The topological polar surface area (TPSA) is 22.4 Å². The zero-order valence-electron chi connectivity index (χ0n) is 10.4. The first-order valence-corrected chi connectivity index (χ1v) is 5.74. The van der Waals surface area contributed by atoms with Gasteiger partial charge in [0.15, 0.2) is 0 Å². The quantitative estimate of drug-likeness (QED) is 0.615. The van der Waals surface area contributed by atoms with E-state index < -0.39 is 18.0 Å². The van der Waals surface area contributed by atoms with E-state index in [0.717, 1.165) is 23.3 Å². The van der Waals surface area contributed by atoms with Crippen molar-refractivity contribution in [3.8, 4) is 5.75 Å². The fourth-order valence-electron chi connectivity index (χ4n) is 1.41. The number of fused-ring (bicyclic) bond motifs is 2. The highest BCUT2D eigenvalue weighted by Crippen LogP contribution is 2.36. The summed E-state index contributed by atoms with van der Waals surface area (Å²) in [5.41, 5.74) is 1.94. The molecule has 3 rings (SSSR count). The molecule has 2 nitrogen and oxygen atoms in total. The van der Waals surface area contributed by atoms with Gasteiger partial charge in [0.25, 0.3) is 0 Å². The molecule has 2 aromatic heterocycles. The summed E-state index contributed by atoms with van der Waals surface area (Å²) in [5.74, 6) is -0.533. The predicted octanol–water partition coefficient (Wildman–Crippen LogP) is 5.09. The van der Waals surface area contributed by atoms with Gasteiger partial charge in [0.05, 0.1) is 0 Å². The number of ether oxygens (including phenoxy) is 1. The standard InChI is InChI=1S/C8H5F5O.C6H4O/c9-7(10,11)8(12,13)14-6-4-2-1-3-5-6;1-2-6-4-3-5(1)7-6/h1-5H;1-4H. The molecule has 7 heteroatoms. The molecule has 112 valence electrons. The summed E-state index contributed by atoms with van der Waals surface area (Å²) < 4.78 is 68.1. The molecule has 0 fully saturated rings. The number of alkyl halides is 5. The summed E-state index contributed by atoms with van der Waals surface area (Å²) in [7, 11) is 0. The van der Waals surface area contributed by atoms with Crippen molar-refractivity contribution in [2.24, 2.45) is 0 Å². The Bertz CT molecular complexity index is 615. The molecule has 21 heavy (non-hydrogen) atoms. The van der Waals surface area contributed by atoms with E-state index in [-0.39, 0.29) is 0 Å². The number of furan rings is 2. The van der Waals surface area contributed by atoms with Crippen LogP contribution in [0.1, 0.15) is 0 Å². The molecule has 1 aromatic carbocycles. The largest absolute Gasteiger partial charge is 0.499 e. The molecule has 0 saturated carbocycles. The smallest absolute Gasteiger partial charge is 0.457 e. The molecule has 3 aromatic rings. The van der Waals surface area contributed by atoms with Crippen molar-refractivity contribution in [1.82, 2.24) is 0 Å². The predicted molar refractivity (Wildman–Crippen MR) is 65.5 cm³/mol. The van der Waals surface area contributed by atoms with Gasteiger partial charge in [-0.05, 0) is 36.4 Å². The van der Waals surface area contributed by atoms with Gasteiger partial charge in [0.1, 0.15) is 16.9 Å². The number of hydrogen-bond donors (Lipinski definition) is 0. The molecular formula is C14H9F5O2. The van der Waals surface area contributed by atoms with Crippen molar-refractivity contribution < 1.29 is 31.1 Å². The molecule has 0 radical (unpaired) electrons. The van der Waals surface area contributed by atoms with Crippen molar-refractivity contribution in [3.63, 3.8) is 0 Å². The lowest BCUT2D eigenvalue weighted by atomic mass is 10.3. The van der Waals surface area contributed by atoms with Crippen molar-refractivity contribution in [2.75, 3.05) is 0 Å². The molecule has 0 N–H and O–H groups in total. The minimum Gasteiger partial charge on any atom is -0.457 e. The van der Waals surface area contributed by atoms with Crippen LogP contribution in [0, 0.1) is 0 Å². The minimum atomic E-state index is -5.71. The van der Waals surface area contributed by atoms with Gasteiger partial charge in [-0.3, -0.25) is 0 Å². The van der Waals surface area contributed by atoms with Gasteiger partial charge in [0.2, 0.25) is 0 Å². The van der Waals surface area contributed by atoms with Crippen LogP contribution in [-0.2, 0) is 0 Å². The second-order valence-electron chi connectivity index (χ2n) is 4.00. The van der Waals surface area contributed by atoms with Gasteiger partial charge < -0.3 is 9.15 Å². The van der Waals surface area contributed by atoms with E-state index in [9.17, 15) is 22.0 Å². The van der Waals surface area contributed by atoms with Crippen LogP contribution >= 0.6 is 0 Å². The second kappa shape index (κ2) is 5.59. The van der Waals surface area contributed by atoms with Crippen LogP contribution in [0.2, 0.25) is 0 Å². The molecule has 0 aliphatic carbocycles. The summed E-state index contributed by atoms with van der Waals surface area (Å²) >= 11 is 0. The van der Waals surface area contributed by atoms with E-state index in [4.69, 9.17) is 4.42 Å². The Hall–Kier alpha value is -2.31. The fraction of sp³-hybridized carbons (Fsp3) is 0.143. The first kappa shape index (κ1) is 15.1. The molecular weight excluding hydrogens is 295 g/mol. The molecule has 0 atom stereocenters. The molecule has 0 saturated heterocycles. The summed E-state index contributed by atoms with van der Waals surface area (Å²) in [6.45, 7) is 0. The van der Waals surface area contributed by atoms with E-state index in [0.29, 0.717) is 0 Å². The molecule has 2 heterocycles. The molecule has 2 bridgehead atoms. The maximum Gasteiger partial charge on any atom is 0.499 e.